The monoisotopic (exact) mass is 317 g/mol. The highest BCUT2D eigenvalue weighted by molar-refractivity contribution is 5.82. The minimum atomic E-state index is -0.347. The Labute approximate surface area is 136 Å². The van der Waals surface area contributed by atoms with Crippen LogP contribution in [0.4, 0.5) is 5.69 Å². The number of rotatable bonds is 4. The van der Waals surface area contributed by atoms with E-state index in [1.54, 1.807) is 0 Å². The molecule has 124 valence electrons. The van der Waals surface area contributed by atoms with Gasteiger partial charge in [-0.05, 0) is 30.5 Å². The smallest absolute Gasteiger partial charge is 0.253 e. The van der Waals surface area contributed by atoms with Crippen molar-refractivity contribution in [1.29, 1.82) is 0 Å². The van der Waals surface area contributed by atoms with E-state index in [2.05, 4.69) is 16.7 Å². The number of anilines is 1. The average molecular weight is 317 g/mol. The molecule has 1 aromatic rings. The molecule has 1 amide bonds. The van der Waals surface area contributed by atoms with E-state index in [0.29, 0.717) is 32.3 Å². The molecule has 1 aromatic carbocycles. The van der Waals surface area contributed by atoms with E-state index in [9.17, 15) is 4.79 Å². The van der Waals surface area contributed by atoms with Gasteiger partial charge in [0.15, 0.2) is 0 Å². The van der Waals surface area contributed by atoms with Crippen LogP contribution >= 0.6 is 0 Å². The van der Waals surface area contributed by atoms with Gasteiger partial charge in [-0.15, -0.1) is 0 Å². The Morgan fingerprint density at radius 3 is 2.96 bits per heavy atom. The molecule has 0 unspecified atom stereocenters. The van der Waals surface area contributed by atoms with E-state index in [0.717, 1.165) is 42.9 Å². The normalized spacial score (nSPS) is 23.4. The number of carbonyl (C=O) groups is 1. The maximum Gasteiger partial charge on any atom is 0.253 e. The van der Waals surface area contributed by atoms with Crippen LogP contribution in [0.15, 0.2) is 18.2 Å². The zero-order valence-electron chi connectivity index (χ0n) is 13.2. The lowest BCUT2D eigenvalue weighted by atomic mass is 10.1. The summed E-state index contributed by atoms with van der Waals surface area (Å²) in [7, 11) is 0. The summed E-state index contributed by atoms with van der Waals surface area (Å²) < 4.78 is 11.3. The summed E-state index contributed by atoms with van der Waals surface area (Å²) in [4.78, 5) is 14.8. The summed E-state index contributed by atoms with van der Waals surface area (Å²) in [6.45, 7) is 4.18. The number of nitrogens with zero attached hydrogens (tertiary/aromatic N) is 1. The predicted molar refractivity (Wildman–Crippen MR) is 86.6 cm³/mol. The second-order valence-electron chi connectivity index (χ2n) is 6.37. The van der Waals surface area contributed by atoms with Crippen molar-refractivity contribution in [2.24, 2.45) is 0 Å². The van der Waals surface area contributed by atoms with Gasteiger partial charge in [0, 0.05) is 32.2 Å². The van der Waals surface area contributed by atoms with Gasteiger partial charge in [0.05, 0.1) is 12.3 Å². The molecule has 2 fully saturated rings. The first-order valence-electron chi connectivity index (χ1n) is 8.44. The highest BCUT2D eigenvalue weighted by Gasteiger charge is 2.36. The molecule has 0 spiro atoms. The van der Waals surface area contributed by atoms with Gasteiger partial charge in [-0.1, -0.05) is 6.07 Å². The first-order chi connectivity index (χ1) is 11.3. The summed E-state index contributed by atoms with van der Waals surface area (Å²) in [6.07, 6.45) is 1.84. The van der Waals surface area contributed by atoms with Crippen LogP contribution in [0.3, 0.4) is 0 Å². The minimum absolute atomic E-state index is 0.108. The Morgan fingerprint density at radius 2 is 2.17 bits per heavy atom. The third-order valence-corrected chi connectivity index (χ3v) is 4.55. The lowest BCUT2D eigenvalue weighted by Gasteiger charge is -2.30. The number of carbonyl (C=O) groups excluding carboxylic acids is 1. The molecule has 6 heteroatoms. The van der Waals surface area contributed by atoms with Gasteiger partial charge in [-0.2, -0.15) is 0 Å². The second-order valence-corrected chi connectivity index (χ2v) is 6.37. The summed E-state index contributed by atoms with van der Waals surface area (Å²) >= 11 is 0. The van der Waals surface area contributed by atoms with Gasteiger partial charge < -0.3 is 25.0 Å². The van der Waals surface area contributed by atoms with Gasteiger partial charge in [0.2, 0.25) is 0 Å². The lowest BCUT2D eigenvalue weighted by Crippen LogP contribution is -2.49. The van der Waals surface area contributed by atoms with E-state index in [4.69, 9.17) is 9.47 Å². The van der Waals surface area contributed by atoms with Crippen molar-refractivity contribution in [1.82, 2.24) is 10.2 Å². The van der Waals surface area contributed by atoms with Crippen molar-refractivity contribution in [2.75, 3.05) is 38.2 Å². The third-order valence-electron chi connectivity index (χ3n) is 4.55. The van der Waals surface area contributed by atoms with Crippen LogP contribution in [0.5, 0.6) is 5.75 Å². The molecule has 1 saturated heterocycles. The molecule has 0 bridgehead atoms. The molecule has 2 aliphatic heterocycles. The molecule has 0 radical (unpaired) electrons. The number of ether oxygens (including phenoxy) is 2. The molecule has 2 N–H and O–H groups in total. The number of morpholine rings is 1. The van der Waals surface area contributed by atoms with Crippen LogP contribution < -0.4 is 15.4 Å². The van der Waals surface area contributed by atoms with Gasteiger partial charge in [0.1, 0.15) is 18.5 Å². The molecule has 3 aliphatic rings. The lowest BCUT2D eigenvalue weighted by molar-refractivity contribution is -0.146. The van der Waals surface area contributed by atoms with E-state index < -0.39 is 0 Å². The molecule has 1 atom stereocenters. The maximum absolute atomic E-state index is 12.8. The summed E-state index contributed by atoms with van der Waals surface area (Å²) in [6, 6.07) is 6.52. The van der Waals surface area contributed by atoms with Crippen molar-refractivity contribution < 1.29 is 14.3 Å². The molecule has 1 saturated carbocycles. The quantitative estimate of drug-likeness (QED) is 0.866. The van der Waals surface area contributed by atoms with Crippen LogP contribution in [0.1, 0.15) is 18.4 Å². The number of hydrogen-bond donors (Lipinski definition) is 2. The van der Waals surface area contributed by atoms with Crippen molar-refractivity contribution in [3.63, 3.8) is 0 Å². The fraction of sp³-hybridized carbons (Fsp3) is 0.588. The van der Waals surface area contributed by atoms with E-state index in [1.807, 2.05) is 17.0 Å². The Bertz CT molecular complexity index is 582. The molecular formula is C17H23N3O3. The maximum atomic E-state index is 12.8. The third kappa shape index (κ3) is 3.28. The molecule has 1 aliphatic carbocycles. The predicted octanol–water partition coefficient (Wildman–Crippen LogP) is 0.970. The molecular weight excluding hydrogens is 294 g/mol. The number of benzene rings is 1. The average Bonchev–Trinajstić information content (AvgIpc) is 3.45. The summed E-state index contributed by atoms with van der Waals surface area (Å²) in [5.74, 6) is 0.990. The summed E-state index contributed by atoms with van der Waals surface area (Å²) in [5.41, 5.74) is 2.14. The van der Waals surface area contributed by atoms with Gasteiger partial charge in [-0.3, -0.25) is 4.79 Å². The van der Waals surface area contributed by atoms with Crippen LogP contribution in [0, 0.1) is 0 Å². The first-order valence-corrected chi connectivity index (χ1v) is 8.44. The Kier molecular flexibility index (Phi) is 4.10. The Morgan fingerprint density at radius 1 is 1.26 bits per heavy atom. The fourth-order valence-corrected chi connectivity index (χ4v) is 3.16. The van der Waals surface area contributed by atoms with Crippen LogP contribution in [-0.4, -0.2) is 55.8 Å². The topological polar surface area (TPSA) is 62.8 Å². The number of fused-ring (bicyclic) bond motifs is 1. The zero-order chi connectivity index (χ0) is 15.6. The van der Waals surface area contributed by atoms with Crippen LogP contribution in [0.25, 0.3) is 0 Å². The molecule has 23 heavy (non-hydrogen) atoms. The molecule has 2 heterocycles. The van der Waals surface area contributed by atoms with E-state index in [-0.39, 0.29) is 12.0 Å². The fourth-order valence-electron chi connectivity index (χ4n) is 3.16. The Hall–Kier alpha value is -1.79. The highest BCUT2D eigenvalue weighted by Crippen LogP contribution is 2.32. The van der Waals surface area contributed by atoms with Crippen molar-refractivity contribution in [3.8, 4) is 5.75 Å². The van der Waals surface area contributed by atoms with Crippen molar-refractivity contribution in [2.45, 2.75) is 31.5 Å². The van der Waals surface area contributed by atoms with Gasteiger partial charge in [-0.25, -0.2) is 0 Å². The molecule has 6 nitrogen and oxygen atoms in total. The molecule has 0 aromatic heterocycles. The highest BCUT2D eigenvalue weighted by atomic mass is 16.5. The zero-order valence-corrected chi connectivity index (χ0v) is 13.2. The number of nitrogens with one attached hydrogen (secondary N) is 2. The van der Waals surface area contributed by atoms with Crippen molar-refractivity contribution in [3.05, 3.63) is 23.8 Å². The van der Waals surface area contributed by atoms with E-state index >= 15 is 0 Å². The number of amides is 1. The Balaban J connectivity index is 1.49. The SMILES string of the molecule is O=C([C@H]1CNCCO1)N(Cc1ccc2c(c1)OCCN2)C1CC1. The van der Waals surface area contributed by atoms with Crippen LogP contribution in [0.2, 0.25) is 0 Å². The van der Waals surface area contributed by atoms with Gasteiger partial charge >= 0.3 is 0 Å². The van der Waals surface area contributed by atoms with Crippen molar-refractivity contribution >= 4 is 11.6 Å². The number of hydrogen-bond acceptors (Lipinski definition) is 5. The van der Waals surface area contributed by atoms with Gasteiger partial charge in [0.25, 0.3) is 5.91 Å². The first kappa shape index (κ1) is 14.8. The van der Waals surface area contributed by atoms with E-state index in [1.165, 1.54) is 0 Å². The minimum Gasteiger partial charge on any atom is -0.490 e. The largest absolute Gasteiger partial charge is 0.490 e. The standard InChI is InChI=1S/C17H23N3O3/c21-17(16-10-18-5-7-23-16)20(13-2-3-13)11-12-1-4-14-15(9-12)22-8-6-19-14/h1,4,9,13,16,18-19H,2-3,5-8,10-11H2/t16-/m1/s1. The summed E-state index contributed by atoms with van der Waals surface area (Å²) in [5, 5.41) is 6.55. The van der Waals surface area contributed by atoms with Crippen LogP contribution in [-0.2, 0) is 16.1 Å². The molecule has 4 rings (SSSR count). The second kappa shape index (κ2) is 6.37.